The second-order valence-electron chi connectivity index (χ2n) is 6.10. The summed E-state index contributed by atoms with van der Waals surface area (Å²) in [7, 11) is 0. The van der Waals surface area contributed by atoms with Crippen LogP contribution in [0.25, 0.3) is 10.9 Å². The van der Waals surface area contributed by atoms with Gasteiger partial charge in [0.05, 0.1) is 23.8 Å². The maximum absolute atomic E-state index is 12.4. The third kappa shape index (κ3) is 4.53. The normalized spacial score (nSPS) is 10.5. The summed E-state index contributed by atoms with van der Waals surface area (Å²) in [5, 5.41) is 5.24. The molecule has 3 rings (SSSR count). The number of hydrogen-bond donors (Lipinski definition) is 2. The molecule has 0 saturated carbocycles. The van der Waals surface area contributed by atoms with E-state index in [4.69, 9.17) is 0 Å². The first-order chi connectivity index (χ1) is 13.6. The van der Waals surface area contributed by atoms with Crippen molar-refractivity contribution in [2.24, 2.45) is 0 Å². The molecule has 0 radical (unpaired) electrons. The van der Waals surface area contributed by atoms with Crippen molar-refractivity contribution in [3.63, 3.8) is 0 Å². The number of benzene rings is 2. The highest BCUT2D eigenvalue weighted by Crippen LogP contribution is 2.12. The number of aromatic nitrogens is 2. The number of amides is 3. The summed E-state index contributed by atoms with van der Waals surface area (Å²) < 4.78 is 1.27. The molecule has 3 aromatic rings. The van der Waals surface area contributed by atoms with Crippen LogP contribution in [0.1, 0.15) is 6.92 Å². The number of likely N-dealkylation sites (N-methyl/N-ethyl adjacent to an activating group) is 1. The van der Waals surface area contributed by atoms with Crippen molar-refractivity contribution in [2.45, 2.75) is 13.6 Å². The lowest BCUT2D eigenvalue weighted by Gasteiger charge is -2.22. The van der Waals surface area contributed by atoms with Crippen molar-refractivity contribution in [3.05, 3.63) is 71.3 Å². The van der Waals surface area contributed by atoms with Crippen molar-refractivity contribution in [2.75, 3.05) is 18.0 Å². The highest BCUT2D eigenvalue weighted by molar-refractivity contribution is 5.96. The number of hydrogen-bond acceptors (Lipinski definition) is 5. The van der Waals surface area contributed by atoms with Crippen LogP contribution in [0.2, 0.25) is 0 Å². The van der Waals surface area contributed by atoms with E-state index >= 15 is 0 Å². The van der Waals surface area contributed by atoms with Gasteiger partial charge in [-0.1, -0.05) is 30.3 Å². The SMILES string of the molecule is CCN(CC(=O)NC(=O)NCn1cnc2ccccc2c1=O)c1ccccc1. The fourth-order valence-corrected chi connectivity index (χ4v) is 2.78. The second-order valence-corrected chi connectivity index (χ2v) is 6.10. The number of anilines is 1. The van der Waals surface area contributed by atoms with Gasteiger partial charge in [-0.15, -0.1) is 0 Å². The van der Waals surface area contributed by atoms with Crippen LogP contribution in [-0.4, -0.2) is 34.6 Å². The molecule has 144 valence electrons. The van der Waals surface area contributed by atoms with Crippen LogP contribution in [0.3, 0.4) is 0 Å². The molecule has 0 unspecified atom stereocenters. The molecule has 0 bridgehead atoms. The Morgan fingerprint density at radius 1 is 1.07 bits per heavy atom. The van der Waals surface area contributed by atoms with Gasteiger partial charge in [-0.05, 0) is 31.2 Å². The first-order valence-corrected chi connectivity index (χ1v) is 8.90. The molecule has 3 amide bonds. The molecule has 0 aliphatic carbocycles. The van der Waals surface area contributed by atoms with Crippen LogP contribution < -0.4 is 21.1 Å². The lowest BCUT2D eigenvalue weighted by Crippen LogP contribution is -2.45. The van der Waals surface area contributed by atoms with Gasteiger partial charge in [-0.2, -0.15) is 0 Å². The topological polar surface area (TPSA) is 96.3 Å². The molecule has 2 aromatic carbocycles. The number of para-hydroxylation sites is 2. The molecule has 8 nitrogen and oxygen atoms in total. The fraction of sp³-hybridized carbons (Fsp3) is 0.200. The molecule has 2 N–H and O–H groups in total. The largest absolute Gasteiger partial charge is 0.362 e. The van der Waals surface area contributed by atoms with E-state index in [-0.39, 0.29) is 18.8 Å². The number of carbonyl (C=O) groups excluding carboxylic acids is 2. The average Bonchev–Trinajstić information content (AvgIpc) is 2.72. The zero-order chi connectivity index (χ0) is 19.9. The van der Waals surface area contributed by atoms with E-state index in [0.29, 0.717) is 17.4 Å². The molecule has 0 aliphatic rings. The third-order valence-corrected chi connectivity index (χ3v) is 4.23. The molecule has 28 heavy (non-hydrogen) atoms. The Bertz CT molecular complexity index is 1030. The molecule has 1 aromatic heterocycles. The molecular formula is C20H21N5O3. The van der Waals surface area contributed by atoms with Gasteiger partial charge in [0.15, 0.2) is 0 Å². The van der Waals surface area contributed by atoms with Crippen LogP contribution in [-0.2, 0) is 11.5 Å². The van der Waals surface area contributed by atoms with E-state index in [9.17, 15) is 14.4 Å². The van der Waals surface area contributed by atoms with E-state index in [1.807, 2.05) is 42.2 Å². The number of carbonyl (C=O) groups is 2. The predicted octanol–water partition coefficient (Wildman–Crippen LogP) is 1.71. The smallest absolute Gasteiger partial charge is 0.322 e. The Labute approximate surface area is 161 Å². The van der Waals surface area contributed by atoms with Crippen molar-refractivity contribution < 1.29 is 9.59 Å². The first-order valence-electron chi connectivity index (χ1n) is 8.90. The fourth-order valence-electron chi connectivity index (χ4n) is 2.78. The Hall–Kier alpha value is -3.68. The van der Waals surface area contributed by atoms with Crippen molar-refractivity contribution in [1.82, 2.24) is 20.2 Å². The highest BCUT2D eigenvalue weighted by atomic mass is 16.2. The Morgan fingerprint density at radius 2 is 1.79 bits per heavy atom. The Morgan fingerprint density at radius 3 is 2.54 bits per heavy atom. The third-order valence-electron chi connectivity index (χ3n) is 4.23. The summed E-state index contributed by atoms with van der Waals surface area (Å²) in [6, 6.07) is 15.8. The summed E-state index contributed by atoms with van der Waals surface area (Å²) in [5.74, 6) is -0.438. The summed E-state index contributed by atoms with van der Waals surface area (Å²) in [6.07, 6.45) is 1.36. The van der Waals surface area contributed by atoms with Crippen molar-refractivity contribution >= 4 is 28.5 Å². The quantitative estimate of drug-likeness (QED) is 0.680. The standard InChI is InChI=1S/C20H21N5O3/c1-2-24(15-8-4-3-5-9-15)12-18(26)23-20(28)22-14-25-13-21-17-11-7-6-10-16(17)19(25)27/h3-11,13H,2,12,14H2,1H3,(H2,22,23,26,28). The van der Waals surface area contributed by atoms with Gasteiger partial charge in [0.25, 0.3) is 5.56 Å². The van der Waals surface area contributed by atoms with Gasteiger partial charge in [-0.3, -0.25) is 19.5 Å². The average molecular weight is 379 g/mol. The zero-order valence-corrected chi connectivity index (χ0v) is 15.5. The minimum absolute atomic E-state index is 0.0470. The Balaban J connectivity index is 1.56. The van der Waals surface area contributed by atoms with Crippen LogP contribution in [0, 0.1) is 0 Å². The second kappa shape index (κ2) is 8.81. The van der Waals surface area contributed by atoms with Gasteiger partial charge in [-0.25, -0.2) is 9.78 Å². The molecule has 8 heteroatoms. The van der Waals surface area contributed by atoms with Gasteiger partial charge in [0.2, 0.25) is 5.91 Å². The summed E-state index contributed by atoms with van der Waals surface area (Å²) >= 11 is 0. The van der Waals surface area contributed by atoms with Gasteiger partial charge < -0.3 is 10.2 Å². The minimum Gasteiger partial charge on any atom is -0.362 e. The lowest BCUT2D eigenvalue weighted by molar-refractivity contribution is -0.118. The molecule has 0 saturated heterocycles. The van der Waals surface area contributed by atoms with Crippen LogP contribution >= 0.6 is 0 Å². The number of fused-ring (bicyclic) bond motifs is 1. The van der Waals surface area contributed by atoms with Gasteiger partial charge in [0, 0.05) is 12.2 Å². The van der Waals surface area contributed by atoms with Crippen LogP contribution in [0.15, 0.2) is 65.7 Å². The minimum atomic E-state index is -0.672. The summed E-state index contributed by atoms with van der Waals surface area (Å²) in [6.45, 7) is 2.51. The Kier molecular flexibility index (Phi) is 6.01. The van der Waals surface area contributed by atoms with E-state index in [0.717, 1.165) is 5.69 Å². The summed E-state index contributed by atoms with van der Waals surface area (Å²) in [5.41, 5.74) is 1.22. The maximum Gasteiger partial charge on any atom is 0.322 e. The van der Waals surface area contributed by atoms with Crippen molar-refractivity contribution in [3.8, 4) is 0 Å². The van der Waals surface area contributed by atoms with Crippen LogP contribution in [0.5, 0.6) is 0 Å². The molecule has 0 fully saturated rings. The van der Waals surface area contributed by atoms with Crippen molar-refractivity contribution in [1.29, 1.82) is 0 Å². The van der Waals surface area contributed by atoms with Crippen LogP contribution in [0.4, 0.5) is 10.5 Å². The van der Waals surface area contributed by atoms with E-state index in [2.05, 4.69) is 15.6 Å². The predicted molar refractivity (Wildman–Crippen MR) is 107 cm³/mol. The van der Waals surface area contributed by atoms with E-state index < -0.39 is 11.9 Å². The number of nitrogens with zero attached hydrogens (tertiary/aromatic N) is 3. The first kappa shape index (κ1) is 19.1. The highest BCUT2D eigenvalue weighted by Gasteiger charge is 2.13. The van der Waals surface area contributed by atoms with Gasteiger partial charge >= 0.3 is 6.03 Å². The molecule has 0 aliphatic heterocycles. The lowest BCUT2D eigenvalue weighted by atomic mass is 10.2. The molecular weight excluding hydrogens is 358 g/mol. The number of urea groups is 1. The van der Waals surface area contributed by atoms with E-state index in [1.165, 1.54) is 10.9 Å². The monoisotopic (exact) mass is 379 g/mol. The molecule has 0 spiro atoms. The number of nitrogens with one attached hydrogen (secondary N) is 2. The zero-order valence-electron chi connectivity index (χ0n) is 15.5. The number of imide groups is 1. The molecule has 0 atom stereocenters. The maximum atomic E-state index is 12.4. The number of rotatable bonds is 6. The summed E-state index contributed by atoms with van der Waals surface area (Å²) in [4.78, 5) is 42.6. The van der Waals surface area contributed by atoms with E-state index in [1.54, 1.807) is 24.3 Å². The van der Waals surface area contributed by atoms with Gasteiger partial charge in [0.1, 0.15) is 6.67 Å². The molecule has 1 heterocycles.